The minimum atomic E-state index is 0.167. The van der Waals surface area contributed by atoms with Gasteiger partial charge in [-0.25, -0.2) is 0 Å². The first-order valence-corrected chi connectivity index (χ1v) is 3.44. The molecule has 1 heterocycles. The van der Waals surface area contributed by atoms with E-state index in [0.717, 1.165) is 0 Å². The topological polar surface area (TPSA) is 111 Å². The number of nitrogens with two attached hydrogens (primary N) is 2. The van der Waals surface area contributed by atoms with Crippen molar-refractivity contribution in [2.75, 3.05) is 18.1 Å². The van der Waals surface area contributed by atoms with Gasteiger partial charge in [-0.1, -0.05) is 0 Å². The van der Waals surface area contributed by atoms with Crippen molar-refractivity contribution in [3.8, 4) is 0 Å². The molecular weight excluding hydrogens is 158 g/mol. The Morgan fingerprint density at radius 1 is 1.17 bits per heavy atom. The summed E-state index contributed by atoms with van der Waals surface area (Å²) in [5.41, 5.74) is 10.4. The summed E-state index contributed by atoms with van der Waals surface area (Å²) in [6.07, 6.45) is 0. The van der Waals surface area contributed by atoms with Crippen molar-refractivity contribution < 1.29 is 5.11 Å². The average molecular weight is 171 g/mol. The molecule has 0 bridgehead atoms. The first-order valence-electron chi connectivity index (χ1n) is 3.44. The summed E-state index contributed by atoms with van der Waals surface area (Å²) >= 11 is 0. The molecule has 12 heavy (non-hydrogen) atoms. The number of aromatic nitrogens is 3. The maximum absolute atomic E-state index is 7.57. The Morgan fingerprint density at radius 2 is 1.50 bits per heavy atom. The minimum absolute atomic E-state index is 0.167. The van der Waals surface area contributed by atoms with Crippen molar-refractivity contribution in [2.45, 2.75) is 13.8 Å². The summed E-state index contributed by atoms with van der Waals surface area (Å²) in [5, 5.41) is 7.57. The second-order valence-electron chi connectivity index (χ2n) is 1.92. The molecule has 1 rings (SSSR count). The van der Waals surface area contributed by atoms with E-state index in [1.54, 1.807) is 13.8 Å². The van der Waals surface area contributed by atoms with Gasteiger partial charge in [-0.15, -0.1) is 0 Å². The van der Waals surface area contributed by atoms with Crippen LogP contribution >= 0.6 is 0 Å². The third-order valence-electron chi connectivity index (χ3n) is 0.782. The maximum atomic E-state index is 7.57. The Balaban J connectivity index is 0.000000354. The van der Waals surface area contributed by atoms with Gasteiger partial charge in [0.2, 0.25) is 11.9 Å². The molecule has 0 atom stereocenters. The van der Waals surface area contributed by atoms with Crippen LogP contribution in [0.5, 0.6) is 0 Å². The lowest BCUT2D eigenvalue weighted by molar-refractivity contribution is 0.318. The Hall–Kier alpha value is -1.43. The fourth-order valence-corrected chi connectivity index (χ4v) is 0.524. The highest BCUT2D eigenvalue weighted by molar-refractivity contribution is 5.25. The smallest absolute Gasteiger partial charge is 0.225 e. The molecule has 0 aliphatic heterocycles. The van der Waals surface area contributed by atoms with E-state index in [9.17, 15) is 0 Å². The number of hydrogen-bond acceptors (Lipinski definition) is 6. The highest BCUT2D eigenvalue weighted by Crippen LogP contribution is 1.94. The molecule has 0 spiro atoms. The van der Waals surface area contributed by atoms with Crippen LogP contribution in [0.2, 0.25) is 0 Å². The molecular formula is C6H13N5O. The predicted molar refractivity (Wildman–Crippen MR) is 46.1 cm³/mol. The zero-order valence-electron chi connectivity index (χ0n) is 7.15. The second kappa shape index (κ2) is 5.25. The van der Waals surface area contributed by atoms with Crippen molar-refractivity contribution in [1.82, 2.24) is 15.0 Å². The molecule has 1 aromatic rings. The van der Waals surface area contributed by atoms with Crippen LogP contribution in [0, 0.1) is 6.92 Å². The number of hydrogen-bond donors (Lipinski definition) is 3. The SMILES string of the molecule is CCO.Cc1nc(N)nc(N)n1. The van der Waals surface area contributed by atoms with Gasteiger partial charge in [-0.05, 0) is 13.8 Å². The van der Waals surface area contributed by atoms with E-state index >= 15 is 0 Å². The largest absolute Gasteiger partial charge is 0.397 e. The van der Waals surface area contributed by atoms with Crippen LogP contribution in [0.4, 0.5) is 11.9 Å². The van der Waals surface area contributed by atoms with Crippen LogP contribution in [0.3, 0.4) is 0 Å². The summed E-state index contributed by atoms with van der Waals surface area (Å²) < 4.78 is 0. The van der Waals surface area contributed by atoms with E-state index in [0.29, 0.717) is 5.82 Å². The molecule has 5 N–H and O–H groups in total. The number of nitrogens with zero attached hydrogens (tertiary/aromatic N) is 3. The molecule has 0 saturated heterocycles. The molecule has 6 heteroatoms. The number of aliphatic hydroxyl groups is 1. The maximum Gasteiger partial charge on any atom is 0.225 e. The van der Waals surface area contributed by atoms with Crippen LogP contribution in [-0.4, -0.2) is 26.7 Å². The summed E-state index contributed by atoms with van der Waals surface area (Å²) in [7, 11) is 0. The summed E-state index contributed by atoms with van der Waals surface area (Å²) in [6, 6.07) is 0. The van der Waals surface area contributed by atoms with Gasteiger partial charge in [-0.2, -0.15) is 15.0 Å². The lowest BCUT2D eigenvalue weighted by Crippen LogP contribution is -2.03. The van der Waals surface area contributed by atoms with Crippen molar-refractivity contribution in [3.63, 3.8) is 0 Å². The zero-order chi connectivity index (χ0) is 9.56. The van der Waals surface area contributed by atoms with Crippen molar-refractivity contribution in [3.05, 3.63) is 5.82 Å². The molecule has 0 aliphatic carbocycles. The van der Waals surface area contributed by atoms with E-state index in [4.69, 9.17) is 16.6 Å². The fourth-order valence-electron chi connectivity index (χ4n) is 0.524. The van der Waals surface area contributed by atoms with E-state index < -0.39 is 0 Å². The van der Waals surface area contributed by atoms with Gasteiger partial charge < -0.3 is 16.6 Å². The van der Waals surface area contributed by atoms with Crippen LogP contribution in [-0.2, 0) is 0 Å². The van der Waals surface area contributed by atoms with Gasteiger partial charge in [0.15, 0.2) is 0 Å². The molecule has 0 radical (unpaired) electrons. The Morgan fingerprint density at radius 3 is 1.75 bits per heavy atom. The van der Waals surface area contributed by atoms with Gasteiger partial charge >= 0.3 is 0 Å². The standard InChI is InChI=1S/C4H7N5.C2H6O/c1-2-7-3(5)9-4(6)8-2;1-2-3/h1H3,(H4,5,6,7,8,9);3H,2H2,1H3. The van der Waals surface area contributed by atoms with Crippen LogP contribution in [0.1, 0.15) is 12.7 Å². The van der Waals surface area contributed by atoms with E-state index in [1.165, 1.54) is 0 Å². The number of anilines is 2. The molecule has 0 unspecified atom stereocenters. The van der Waals surface area contributed by atoms with Crippen LogP contribution in [0.15, 0.2) is 0 Å². The minimum Gasteiger partial charge on any atom is -0.397 e. The number of nitrogen functional groups attached to an aromatic ring is 2. The second-order valence-corrected chi connectivity index (χ2v) is 1.92. The third-order valence-corrected chi connectivity index (χ3v) is 0.782. The van der Waals surface area contributed by atoms with Gasteiger partial charge in [0.1, 0.15) is 5.82 Å². The van der Waals surface area contributed by atoms with Crippen molar-refractivity contribution in [2.24, 2.45) is 0 Å². The number of aliphatic hydroxyl groups excluding tert-OH is 1. The Kier molecular flexibility index (Phi) is 4.62. The first-order chi connectivity index (χ1) is 5.60. The summed E-state index contributed by atoms with van der Waals surface area (Å²) in [6.45, 7) is 3.63. The third kappa shape index (κ3) is 4.40. The molecule has 1 aromatic heterocycles. The monoisotopic (exact) mass is 171 g/mol. The van der Waals surface area contributed by atoms with Gasteiger partial charge in [-0.3, -0.25) is 0 Å². The summed E-state index contributed by atoms with van der Waals surface area (Å²) in [4.78, 5) is 11.0. The number of rotatable bonds is 0. The number of aryl methyl sites for hydroxylation is 1. The molecule has 0 aromatic carbocycles. The molecule has 0 fully saturated rings. The van der Waals surface area contributed by atoms with E-state index in [2.05, 4.69) is 15.0 Å². The Labute approximate surface area is 70.7 Å². The molecule has 0 saturated carbocycles. The molecule has 6 nitrogen and oxygen atoms in total. The Bertz CT molecular complexity index is 189. The van der Waals surface area contributed by atoms with Gasteiger partial charge in [0.05, 0.1) is 0 Å². The predicted octanol–water partition coefficient (Wildman–Crippen LogP) is -0.657. The van der Waals surface area contributed by atoms with Crippen LogP contribution < -0.4 is 11.5 Å². The molecule has 0 amide bonds. The van der Waals surface area contributed by atoms with Crippen molar-refractivity contribution >= 4 is 11.9 Å². The normalized spacial score (nSPS) is 8.58. The van der Waals surface area contributed by atoms with E-state index in [-0.39, 0.29) is 18.5 Å². The van der Waals surface area contributed by atoms with Gasteiger partial charge in [0, 0.05) is 6.61 Å². The van der Waals surface area contributed by atoms with Crippen molar-refractivity contribution in [1.29, 1.82) is 0 Å². The lowest BCUT2D eigenvalue weighted by atomic mass is 10.7. The van der Waals surface area contributed by atoms with E-state index in [1.807, 2.05) is 0 Å². The molecule has 0 aliphatic rings. The highest BCUT2D eigenvalue weighted by atomic mass is 16.2. The lowest BCUT2D eigenvalue weighted by Gasteiger charge is -1.93. The van der Waals surface area contributed by atoms with Gasteiger partial charge in [0.25, 0.3) is 0 Å². The molecule has 68 valence electrons. The summed E-state index contributed by atoms with van der Waals surface area (Å²) in [5.74, 6) is 0.875. The van der Waals surface area contributed by atoms with Crippen LogP contribution in [0.25, 0.3) is 0 Å². The highest BCUT2D eigenvalue weighted by Gasteiger charge is 1.93. The zero-order valence-corrected chi connectivity index (χ0v) is 7.15. The fraction of sp³-hybridized carbons (Fsp3) is 0.500. The average Bonchev–Trinajstić information content (AvgIpc) is 1.84. The quantitative estimate of drug-likeness (QED) is 0.478. The first kappa shape index (κ1) is 10.6.